The molecule has 1 fully saturated rings. The van der Waals surface area contributed by atoms with Crippen molar-refractivity contribution in [3.63, 3.8) is 0 Å². The highest BCUT2D eigenvalue weighted by Gasteiger charge is 2.22. The lowest BCUT2D eigenvalue weighted by Gasteiger charge is -2.09. The van der Waals surface area contributed by atoms with Crippen molar-refractivity contribution in [2.24, 2.45) is 5.92 Å². The normalized spacial score (nSPS) is 15.4. The van der Waals surface area contributed by atoms with Gasteiger partial charge in [0.2, 0.25) is 10.0 Å². The summed E-state index contributed by atoms with van der Waals surface area (Å²) >= 11 is 0. The van der Waals surface area contributed by atoms with Crippen molar-refractivity contribution >= 4 is 10.0 Å². The van der Waals surface area contributed by atoms with E-state index >= 15 is 0 Å². The van der Waals surface area contributed by atoms with Crippen LogP contribution in [0.1, 0.15) is 38.2 Å². The highest BCUT2D eigenvalue weighted by molar-refractivity contribution is 7.89. The molecule has 0 unspecified atom stereocenters. The molecule has 20 heavy (non-hydrogen) atoms. The molecule has 1 saturated carbocycles. The zero-order chi connectivity index (χ0) is 14.4. The van der Waals surface area contributed by atoms with Crippen molar-refractivity contribution in [1.82, 2.24) is 10.0 Å². The van der Waals surface area contributed by atoms with Crippen LogP contribution >= 0.6 is 0 Å². The Bertz CT molecular complexity index is 524. The molecule has 0 heterocycles. The van der Waals surface area contributed by atoms with E-state index in [9.17, 15) is 8.42 Å². The molecule has 0 aliphatic heterocycles. The van der Waals surface area contributed by atoms with Crippen molar-refractivity contribution in [3.05, 3.63) is 29.8 Å². The van der Waals surface area contributed by atoms with Gasteiger partial charge in [0.25, 0.3) is 0 Å². The number of hydrogen-bond donors (Lipinski definition) is 2. The number of rotatable bonds is 9. The smallest absolute Gasteiger partial charge is 0.240 e. The van der Waals surface area contributed by atoms with Gasteiger partial charge in [-0.3, -0.25) is 0 Å². The van der Waals surface area contributed by atoms with Crippen LogP contribution in [-0.2, 0) is 16.6 Å². The molecule has 0 saturated heterocycles. The van der Waals surface area contributed by atoms with Gasteiger partial charge in [-0.25, -0.2) is 13.1 Å². The Kier molecular flexibility index (Phi) is 5.57. The number of benzene rings is 1. The Hall–Kier alpha value is -0.910. The van der Waals surface area contributed by atoms with E-state index in [0.29, 0.717) is 18.0 Å². The van der Waals surface area contributed by atoms with Crippen LogP contribution in [0.25, 0.3) is 0 Å². The van der Waals surface area contributed by atoms with Crippen LogP contribution in [-0.4, -0.2) is 21.5 Å². The fraction of sp³-hybridized carbons (Fsp3) is 0.600. The summed E-state index contributed by atoms with van der Waals surface area (Å²) in [4.78, 5) is 0.365. The van der Waals surface area contributed by atoms with Crippen molar-refractivity contribution in [2.45, 2.75) is 44.0 Å². The molecule has 4 nitrogen and oxygen atoms in total. The maximum atomic E-state index is 12.2. The zero-order valence-corrected chi connectivity index (χ0v) is 12.9. The molecular weight excluding hydrogens is 272 g/mol. The maximum Gasteiger partial charge on any atom is 0.240 e. The van der Waals surface area contributed by atoms with Gasteiger partial charge in [0.1, 0.15) is 0 Å². The van der Waals surface area contributed by atoms with Crippen molar-refractivity contribution in [2.75, 3.05) is 13.1 Å². The molecule has 1 aliphatic carbocycles. The summed E-state index contributed by atoms with van der Waals surface area (Å²) in [6.45, 7) is 4.30. The summed E-state index contributed by atoms with van der Waals surface area (Å²) < 4.78 is 27.1. The van der Waals surface area contributed by atoms with E-state index in [2.05, 4.69) is 17.0 Å². The number of hydrogen-bond acceptors (Lipinski definition) is 3. The van der Waals surface area contributed by atoms with Gasteiger partial charge in [-0.15, -0.1) is 0 Å². The van der Waals surface area contributed by atoms with E-state index in [0.717, 1.165) is 30.9 Å². The second-order valence-electron chi connectivity index (χ2n) is 5.45. The molecule has 112 valence electrons. The SMILES string of the molecule is CCCNCc1cccc(S(=O)(=O)NCCC2CC2)c1. The van der Waals surface area contributed by atoms with Crippen LogP contribution < -0.4 is 10.0 Å². The van der Waals surface area contributed by atoms with Crippen molar-refractivity contribution < 1.29 is 8.42 Å². The first-order valence-corrected chi connectivity index (χ1v) is 8.89. The van der Waals surface area contributed by atoms with E-state index in [4.69, 9.17) is 0 Å². The number of nitrogens with one attached hydrogen (secondary N) is 2. The van der Waals surface area contributed by atoms with E-state index < -0.39 is 10.0 Å². The lowest BCUT2D eigenvalue weighted by Crippen LogP contribution is -2.25. The standard InChI is InChI=1S/C15H24N2O2S/c1-2-9-16-12-14-4-3-5-15(11-14)20(18,19)17-10-8-13-6-7-13/h3-5,11,13,16-17H,2,6-10,12H2,1H3. The van der Waals surface area contributed by atoms with Gasteiger partial charge >= 0.3 is 0 Å². The van der Waals surface area contributed by atoms with Crippen LogP contribution in [0, 0.1) is 5.92 Å². The predicted molar refractivity (Wildman–Crippen MR) is 81.0 cm³/mol. The fourth-order valence-electron chi connectivity index (χ4n) is 2.12. The van der Waals surface area contributed by atoms with Crippen LogP contribution in [0.2, 0.25) is 0 Å². The number of sulfonamides is 1. The molecule has 0 radical (unpaired) electrons. The van der Waals surface area contributed by atoms with Gasteiger partial charge in [-0.05, 0) is 43.0 Å². The summed E-state index contributed by atoms with van der Waals surface area (Å²) in [6.07, 6.45) is 4.53. The van der Waals surface area contributed by atoms with E-state index in [1.807, 2.05) is 6.07 Å². The van der Waals surface area contributed by atoms with Crippen LogP contribution in [0.4, 0.5) is 0 Å². The van der Waals surface area contributed by atoms with Crippen LogP contribution in [0.15, 0.2) is 29.2 Å². The van der Waals surface area contributed by atoms with Crippen molar-refractivity contribution in [1.29, 1.82) is 0 Å². The molecule has 0 amide bonds. The third kappa shape index (κ3) is 4.89. The maximum absolute atomic E-state index is 12.2. The highest BCUT2D eigenvalue weighted by atomic mass is 32.2. The molecule has 1 aromatic rings. The lowest BCUT2D eigenvalue weighted by molar-refractivity contribution is 0.575. The molecule has 5 heteroatoms. The molecule has 0 bridgehead atoms. The molecule has 1 aromatic carbocycles. The minimum atomic E-state index is -3.36. The average molecular weight is 296 g/mol. The van der Waals surface area contributed by atoms with Crippen LogP contribution in [0.5, 0.6) is 0 Å². The summed E-state index contributed by atoms with van der Waals surface area (Å²) in [7, 11) is -3.36. The summed E-state index contributed by atoms with van der Waals surface area (Å²) in [5, 5.41) is 3.28. The molecular formula is C15H24N2O2S. The second kappa shape index (κ2) is 7.20. The van der Waals surface area contributed by atoms with Gasteiger partial charge in [-0.1, -0.05) is 31.9 Å². The zero-order valence-electron chi connectivity index (χ0n) is 12.1. The van der Waals surface area contributed by atoms with Gasteiger partial charge in [0.05, 0.1) is 4.90 Å². The Morgan fingerprint density at radius 1 is 1.25 bits per heavy atom. The third-order valence-corrected chi connectivity index (χ3v) is 4.96. The topological polar surface area (TPSA) is 58.2 Å². The highest BCUT2D eigenvalue weighted by Crippen LogP contribution is 2.31. The van der Waals surface area contributed by atoms with E-state index in [-0.39, 0.29) is 0 Å². The minimum Gasteiger partial charge on any atom is -0.313 e. The molecule has 2 rings (SSSR count). The van der Waals surface area contributed by atoms with Gasteiger partial charge in [-0.2, -0.15) is 0 Å². The van der Waals surface area contributed by atoms with Gasteiger partial charge in [0, 0.05) is 13.1 Å². The Morgan fingerprint density at radius 3 is 2.75 bits per heavy atom. The summed E-state index contributed by atoms with van der Waals surface area (Å²) in [5.41, 5.74) is 1.00. The van der Waals surface area contributed by atoms with E-state index in [1.165, 1.54) is 12.8 Å². The monoisotopic (exact) mass is 296 g/mol. The molecule has 0 aromatic heterocycles. The quantitative estimate of drug-likeness (QED) is 0.687. The van der Waals surface area contributed by atoms with E-state index in [1.54, 1.807) is 18.2 Å². The first-order chi connectivity index (χ1) is 9.62. The predicted octanol–water partition coefficient (Wildman–Crippen LogP) is 2.26. The minimum absolute atomic E-state index is 0.365. The Labute approximate surface area is 122 Å². The average Bonchev–Trinajstić information content (AvgIpc) is 3.23. The second-order valence-corrected chi connectivity index (χ2v) is 7.22. The summed E-state index contributed by atoms with van der Waals surface area (Å²) in [6, 6.07) is 7.16. The molecule has 0 spiro atoms. The van der Waals surface area contributed by atoms with Crippen molar-refractivity contribution in [3.8, 4) is 0 Å². The first-order valence-electron chi connectivity index (χ1n) is 7.41. The Morgan fingerprint density at radius 2 is 2.05 bits per heavy atom. The Balaban J connectivity index is 1.92. The largest absolute Gasteiger partial charge is 0.313 e. The van der Waals surface area contributed by atoms with Crippen LogP contribution in [0.3, 0.4) is 0 Å². The van der Waals surface area contributed by atoms with Gasteiger partial charge in [0.15, 0.2) is 0 Å². The third-order valence-electron chi connectivity index (χ3n) is 3.51. The van der Waals surface area contributed by atoms with Gasteiger partial charge < -0.3 is 5.32 Å². The fourth-order valence-corrected chi connectivity index (χ4v) is 3.24. The molecule has 0 atom stereocenters. The molecule has 1 aliphatic rings. The first kappa shape index (κ1) is 15.5. The summed E-state index contributed by atoms with van der Waals surface area (Å²) in [5.74, 6) is 0.738. The lowest BCUT2D eigenvalue weighted by atomic mass is 10.2. The molecule has 2 N–H and O–H groups in total.